The number of carboxylic acid groups (broad SMARTS) is 1. The Bertz CT molecular complexity index is 1220. The molecule has 0 saturated heterocycles. The molecule has 0 aromatic carbocycles. The molecule has 0 rings (SSSR count). The lowest BCUT2D eigenvalue weighted by molar-refractivity contribution is -0.147. The van der Waals surface area contributed by atoms with Crippen LogP contribution in [0.4, 0.5) is 0 Å². The maximum atomic E-state index is 12.8. The van der Waals surface area contributed by atoms with Gasteiger partial charge in [-0.25, -0.2) is 4.79 Å². The van der Waals surface area contributed by atoms with E-state index in [9.17, 15) is 19.2 Å². The number of nitrogens with one attached hydrogen (secondary N) is 2. The first-order valence-corrected chi connectivity index (χ1v) is 25.2. The molecule has 0 aromatic rings. The number of aliphatic carboxylic acids is 1. The molecule has 0 heterocycles. The van der Waals surface area contributed by atoms with Crippen LogP contribution in [-0.2, 0) is 23.9 Å². The lowest BCUT2D eigenvalue weighted by Crippen LogP contribution is -2.47. The number of rotatable bonds is 45. The highest BCUT2D eigenvalue weighted by atomic mass is 16.5. The van der Waals surface area contributed by atoms with Crippen LogP contribution in [0.5, 0.6) is 0 Å². The third-order valence-corrected chi connectivity index (χ3v) is 11.0. The summed E-state index contributed by atoms with van der Waals surface area (Å²) in [6.07, 6.45) is 58.5. The fourth-order valence-electron chi connectivity index (χ4n) is 7.19. The van der Waals surface area contributed by atoms with Crippen molar-refractivity contribution in [1.82, 2.24) is 10.6 Å². The predicted octanol–water partition coefficient (Wildman–Crippen LogP) is 13.3. The number of aliphatic hydroxyl groups excluding tert-OH is 1. The van der Waals surface area contributed by atoms with Gasteiger partial charge in [0, 0.05) is 12.8 Å². The molecule has 0 spiro atoms. The third-order valence-electron chi connectivity index (χ3n) is 11.0. The number of aliphatic hydroxyl groups is 1. The summed E-state index contributed by atoms with van der Waals surface area (Å²) in [6, 6.07) is -1.41. The Morgan fingerprint density at radius 3 is 1.32 bits per heavy atom. The number of ether oxygens (including phenoxy) is 1. The normalized spacial score (nSPS) is 13.0. The van der Waals surface area contributed by atoms with Crippen molar-refractivity contribution in [2.75, 3.05) is 13.2 Å². The van der Waals surface area contributed by atoms with Gasteiger partial charge in [0.1, 0.15) is 12.1 Å². The summed E-state index contributed by atoms with van der Waals surface area (Å²) < 4.78 is 5.87. The van der Waals surface area contributed by atoms with Gasteiger partial charge in [0.25, 0.3) is 0 Å². The van der Waals surface area contributed by atoms with Crippen LogP contribution >= 0.6 is 0 Å². The number of esters is 1. The summed E-state index contributed by atoms with van der Waals surface area (Å²) in [6.45, 7) is 3.31. The van der Waals surface area contributed by atoms with Crippen LogP contribution in [0, 0.1) is 0 Å². The Hall–Kier alpha value is -3.46. The second-order valence-corrected chi connectivity index (χ2v) is 16.9. The number of carboxylic acids is 1. The second-order valence-electron chi connectivity index (χ2n) is 16.9. The van der Waals surface area contributed by atoms with E-state index in [-0.39, 0.29) is 30.9 Å². The van der Waals surface area contributed by atoms with Crippen molar-refractivity contribution in [3.05, 3.63) is 60.8 Å². The molecule has 9 heteroatoms. The summed E-state index contributed by atoms with van der Waals surface area (Å²) in [5.74, 6) is -2.56. The van der Waals surface area contributed by atoms with E-state index in [2.05, 4.69) is 73.1 Å². The Morgan fingerprint density at radius 1 is 0.500 bits per heavy atom. The first kappa shape index (κ1) is 58.5. The summed E-state index contributed by atoms with van der Waals surface area (Å²) >= 11 is 0. The number of unbranched alkanes of at least 4 members (excludes halogenated alkanes) is 23. The van der Waals surface area contributed by atoms with E-state index in [0.717, 1.165) is 51.4 Å². The zero-order valence-electron chi connectivity index (χ0n) is 39.6. The van der Waals surface area contributed by atoms with E-state index in [4.69, 9.17) is 14.9 Å². The molecule has 0 aliphatic carbocycles. The highest BCUT2D eigenvalue weighted by molar-refractivity contribution is 5.87. The van der Waals surface area contributed by atoms with Gasteiger partial charge in [-0.05, 0) is 63.9 Å². The minimum atomic E-state index is -1.41. The Morgan fingerprint density at radius 2 is 0.903 bits per heavy atom. The number of allylic oxidation sites excluding steroid dienone is 9. The largest absolute Gasteiger partial charge is 0.480 e. The zero-order chi connectivity index (χ0) is 45.4. The predicted molar refractivity (Wildman–Crippen MR) is 259 cm³/mol. The van der Waals surface area contributed by atoms with Gasteiger partial charge in [-0.1, -0.05) is 210 Å². The highest BCUT2D eigenvalue weighted by Gasteiger charge is 2.19. The summed E-state index contributed by atoms with van der Waals surface area (Å²) in [4.78, 5) is 48.0. The fraction of sp³-hybridized carbons (Fsp3) is 0.736. The lowest BCUT2D eigenvalue weighted by Gasteiger charge is -2.15. The van der Waals surface area contributed by atoms with Crippen molar-refractivity contribution in [2.24, 2.45) is 0 Å². The van der Waals surface area contributed by atoms with E-state index in [0.29, 0.717) is 25.7 Å². The molecule has 0 aliphatic heterocycles. The number of carbonyl (C=O) groups is 4. The summed E-state index contributed by atoms with van der Waals surface area (Å²) in [5, 5.41) is 22.7. The van der Waals surface area contributed by atoms with Crippen molar-refractivity contribution in [1.29, 1.82) is 0 Å². The summed E-state index contributed by atoms with van der Waals surface area (Å²) in [7, 11) is 0. The molecule has 356 valence electrons. The van der Waals surface area contributed by atoms with Crippen LogP contribution in [0.1, 0.15) is 226 Å². The molecule has 0 radical (unpaired) electrons. The molecule has 2 atom stereocenters. The molecule has 0 fully saturated rings. The van der Waals surface area contributed by atoms with Crippen LogP contribution in [0.25, 0.3) is 0 Å². The Labute approximate surface area is 379 Å². The van der Waals surface area contributed by atoms with Crippen LogP contribution in [0.2, 0.25) is 0 Å². The molecule has 2 amide bonds. The molecule has 62 heavy (non-hydrogen) atoms. The van der Waals surface area contributed by atoms with Gasteiger partial charge in [0.2, 0.25) is 11.8 Å². The van der Waals surface area contributed by atoms with Gasteiger partial charge in [-0.2, -0.15) is 0 Å². The van der Waals surface area contributed by atoms with E-state index >= 15 is 0 Å². The summed E-state index contributed by atoms with van der Waals surface area (Å²) in [5.41, 5.74) is 0. The monoisotopic (exact) mass is 869 g/mol. The van der Waals surface area contributed by atoms with Crippen molar-refractivity contribution in [3.8, 4) is 0 Å². The Kier molecular flexibility index (Phi) is 44.4. The minimum absolute atomic E-state index is 0.182. The van der Waals surface area contributed by atoms with Crippen LogP contribution < -0.4 is 10.6 Å². The molecule has 0 saturated carbocycles. The van der Waals surface area contributed by atoms with Gasteiger partial charge < -0.3 is 25.6 Å². The topological polar surface area (TPSA) is 142 Å². The average molecular weight is 869 g/mol. The van der Waals surface area contributed by atoms with E-state index in [1.807, 2.05) is 12.2 Å². The maximum absolute atomic E-state index is 12.8. The molecule has 0 aromatic heterocycles. The number of amides is 2. The van der Waals surface area contributed by atoms with Crippen molar-refractivity contribution < 1.29 is 34.1 Å². The van der Waals surface area contributed by atoms with Gasteiger partial charge in [-0.3, -0.25) is 14.4 Å². The first-order valence-electron chi connectivity index (χ1n) is 25.2. The van der Waals surface area contributed by atoms with Crippen molar-refractivity contribution >= 4 is 23.8 Å². The van der Waals surface area contributed by atoms with Gasteiger partial charge >= 0.3 is 11.9 Å². The molecule has 4 N–H and O–H groups in total. The molecular weight excluding hydrogens is 777 g/mol. The molecule has 9 nitrogen and oxygen atoms in total. The zero-order valence-corrected chi connectivity index (χ0v) is 39.6. The molecular formula is C53H92N2O7. The Balaban J connectivity index is 4.32. The third kappa shape index (κ3) is 43.2. The van der Waals surface area contributed by atoms with Gasteiger partial charge in [0.15, 0.2) is 0 Å². The molecule has 0 bridgehead atoms. The second kappa shape index (κ2) is 47.0. The van der Waals surface area contributed by atoms with Crippen LogP contribution in [0.15, 0.2) is 60.8 Å². The number of hydrogen-bond donors (Lipinski definition) is 4. The van der Waals surface area contributed by atoms with E-state index < -0.39 is 24.5 Å². The van der Waals surface area contributed by atoms with Gasteiger partial charge in [-0.15, -0.1) is 0 Å². The lowest BCUT2D eigenvalue weighted by atomic mass is 10.0. The first-order chi connectivity index (χ1) is 30.3. The molecule has 0 aliphatic rings. The van der Waals surface area contributed by atoms with E-state index in [1.54, 1.807) is 0 Å². The number of hydrogen-bond acceptors (Lipinski definition) is 6. The van der Waals surface area contributed by atoms with Gasteiger partial charge in [0.05, 0.1) is 13.2 Å². The van der Waals surface area contributed by atoms with Crippen molar-refractivity contribution in [2.45, 2.75) is 238 Å². The quantitative estimate of drug-likeness (QED) is 0.0271. The van der Waals surface area contributed by atoms with Crippen LogP contribution in [0.3, 0.4) is 0 Å². The van der Waals surface area contributed by atoms with Crippen molar-refractivity contribution in [3.63, 3.8) is 0 Å². The standard InChI is InChI=1S/C53H92N2O7/c1-3-5-7-9-11-13-15-17-19-20-21-22-23-24-25-26-27-29-31-33-35-37-39-45-52(59)62-48(42-38-36-34-32-30-28-18-16-14-12-10-8-6-4-2)43-40-41-44-50(57)54-46-51(58)55-49(47-56)53(60)61/h6,8,12,14,18,28,32,34,38,42,48-49,56H,3-5,7,9-11,13,15-17,19-27,29-31,33,35-37,39-41,43-47H2,1-2H3,(H,54,57)(H,55,58)(H,60,61)/b8-6-,14-12-,28-18-,34-32-,42-38-. The maximum Gasteiger partial charge on any atom is 0.328 e. The fourth-order valence-corrected chi connectivity index (χ4v) is 7.19. The van der Waals surface area contributed by atoms with Crippen LogP contribution in [-0.4, -0.2) is 59.3 Å². The van der Waals surface area contributed by atoms with E-state index in [1.165, 1.54) is 128 Å². The smallest absolute Gasteiger partial charge is 0.328 e. The molecule has 2 unspecified atom stereocenters. The highest BCUT2D eigenvalue weighted by Crippen LogP contribution is 2.17. The minimum Gasteiger partial charge on any atom is -0.480 e. The average Bonchev–Trinajstić information content (AvgIpc) is 3.26. The SMILES string of the molecule is CC/C=C\C/C=C\C/C=C\C/C=C\C/C=C\C(CCCCC(=O)NCC(=O)NC(CO)C(=O)O)OC(=O)CCCCCCCCCCCCCCCCCCCCCCCCC. The number of carbonyl (C=O) groups excluding carboxylic acids is 3.